The van der Waals surface area contributed by atoms with Crippen LogP contribution in [0.15, 0.2) is 36.7 Å². The van der Waals surface area contributed by atoms with Gasteiger partial charge in [0.2, 0.25) is 0 Å². The zero-order chi connectivity index (χ0) is 22.7. The topological polar surface area (TPSA) is 164 Å². The quantitative estimate of drug-likeness (QED) is 0.442. The van der Waals surface area contributed by atoms with Crippen LogP contribution < -0.4 is 15.5 Å². The van der Waals surface area contributed by atoms with Gasteiger partial charge in [-0.15, -0.1) is 0 Å². The van der Waals surface area contributed by atoms with Crippen LogP contribution in [0.5, 0.6) is 5.75 Å². The lowest BCUT2D eigenvalue weighted by atomic mass is 10.1. The summed E-state index contributed by atoms with van der Waals surface area (Å²) < 4.78 is 0. The number of nitriles is 1. The van der Waals surface area contributed by atoms with E-state index in [2.05, 4.69) is 25.6 Å². The summed E-state index contributed by atoms with van der Waals surface area (Å²) in [7, 11) is 0. The summed E-state index contributed by atoms with van der Waals surface area (Å²) in [5, 5.41) is 34.6. The molecular formula is C21H19N7O4. The van der Waals surface area contributed by atoms with E-state index in [4.69, 9.17) is 5.26 Å². The maximum absolute atomic E-state index is 12.5. The highest BCUT2D eigenvalue weighted by Gasteiger charge is 2.26. The maximum Gasteiger partial charge on any atom is 0.322 e. The van der Waals surface area contributed by atoms with E-state index < -0.39 is 17.9 Å². The molecule has 1 aliphatic rings. The number of amides is 1. The highest BCUT2D eigenvalue weighted by atomic mass is 16.4. The van der Waals surface area contributed by atoms with Gasteiger partial charge in [-0.2, -0.15) is 5.26 Å². The molecule has 0 unspecified atom stereocenters. The van der Waals surface area contributed by atoms with Crippen molar-refractivity contribution < 1.29 is 19.8 Å². The Morgan fingerprint density at radius 2 is 2.09 bits per heavy atom. The fraction of sp³-hybridized carbons (Fsp3) is 0.238. The van der Waals surface area contributed by atoms with E-state index in [0.717, 1.165) is 0 Å². The lowest BCUT2D eigenvalue weighted by Crippen LogP contribution is -2.54. The van der Waals surface area contributed by atoms with Crippen LogP contribution in [-0.4, -0.2) is 62.7 Å². The van der Waals surface area contributed by atoms with Crippen molar-refractivity contribution in [3.05, 3.63) is 53.6 Å². The smallest absolute Gasteiger partial charge is 0.322 e. The molecule has 0 radical (unpaired) electrons. The van der Waals surface area contributed by atoms with Crippen LogP contribution in [0.1, 0.15) is 21.7 Å². The molecule has 1 saturated heterocycles. The van der Waals surface area contributed by atoms with E-state index in [-0.39, 0.29) is 30.2 Å². The average molecular weight is 433 g/mol. The molecule has 0 aromatic carbocycles. The van der Waals surface area contributed by atoms with E-state index in [9.17, 15) is 19.8 Å². The number of nitrogens with one attached hydrogen (secondary N) is 2. The lowest BCUT2D eigenvalue weighted by molar-refractivity contribution is -0.139. The number of piperazine rings is 1. The molecule has 1 fully saturated rings. The Bertz CT molecular complexity index is 1220. The average Bonchev–Trinajstić information content (AvgIpc) is 2.83. The first kappa shape index (κ1) is 21.0. The third-order valence-electron chi connectivity index (χ3n) is 5.11. The molecule has 4 N–H and O–H groups in total. The fourth-order valence-corrected chi connectivity index (χ4v) is 3.40. The van der Waals surface area contributed by atoms with Crippen molar-refractivity contribution in [1.29, 1.82) is 5.26 Å². The first-order valence-electron chi connectivity index (χ1n) is 9.79. The molecule has 162 valence electrons. The first-order valence-corrected chi connectivity index (χ1v) is 9.79. The number of carboxylic acids is 1. The summed E-state index contributed by atoms with van der Waals surface area (Å²) in [5.41, 5.74) is 1.22. The summed E-state index contributed by atoms with van der Waals surface area (Å²) in [6.45, 7) is 1.51. The molecular weight excluding hydrogens is 414 g/mol. The second-order valence-corrected chi connectivity index (χ2v) is 7.19. The number of aromatic hydroxyl groups is 1. The first-order chi connectivity index (χ1) is 15.5. The Morgan fingerprint density at radius 3 is 2.81 bits per heavy atom. The molecule has 11 nitrogen and oxygen atoms in total. The molecule has 4 heterocycles. The largest absolute Gasteiger partial charge is 0.505 e. The SMILES string of the molecule is N#Cc1ccc(CNC(=O)c2ncc3nc(N4CCN[C@@H](C(=O)O)C4)ccc3c2O)cn1. The normalized spacial score (nSPS) is 15.8. The van der Waals surface area contributed by atoms with E-state index in [1.54, 1.807) is 24.3 Å². The van der Waals surface area contributed by atoms with Crippen LogP contribution >= 0.6 is 0 Å². The number of aromatic nitrogens is 3. The predicted molar refractivity (Wildman–Crippen MR) is 113 cm³/mol. The van der Waals surface area contributed by atoms with Crippen LogP contribution in [0.2, 0.25) is 0 Å². The number of rotatable bonds is 5. The molecule has 11 heteroatoms. The number of carbonyl (C=O) groups excluding carboxylic acids is 1. The van der Waals surface area contributed by atoms with E-state index in [1.165, 1.54) is 12.4 Å². The Kier molecular flexibility index (Phi) is 5.78. The summed E-state index contributed by atoms with van der Waals surface area (Å²) in [5.74, 6) is -1.22. The predicted octanol–water partition coefficient (Wildman–Crippen LogP) is 0.395. The second-order valence-electron chi connectivity index (χ2n) is 7.19. The second kappa shape index (κ2) is 8.83. The van der Waals surface area contributed by atoms with Gasteiger partial charge in [0, 0.05) is 37.8 Å². The summed E-state index contributed by atoms with van der Waals surface area (Å²) in [6.07, 6.45) is 2.89. The van der Waals surface area contributed by atoms with Gasteiger partial charge in [-0.1, -0.05) is 6.07 Å². The minimum absolute atomic E-state index is 0.137. The fourth-order valence-electron chi connectivity index (χ4n) is 3.40. The Balaban J connectivity index is 1.51. The van der Waals surface area contributed by atoms with Gasteiger partial charge >= 0.3 is 5.97 Å². The van der Waals surface area contributed by atoms with Crippen LogP contribution in [-0.2, 0) is 11.3 Å². The van der Waals surface area contributed by atoms with Crippen molar-refractivity contribution in [2.24, 2.45) is 0 Å². The Morgan fingerprint density at radius 1 is 1.25 bits per heavy atom. The Labute approximate surface area is 182 Å². The van der Waals surface area contributed by atoms with Crippen LogP contribution in [0.3, 0.4) is 0 Å². The van der Waals surface area contributed by atoms with Crippen LogP contribution in [0, 0.1) is 11.3 Å². The van der Waals surface area contributed by atoms with E-state index in [1.807, 2.05) is 11.0 Å². The number of hydrogen-bond donors (Lipinski definition) is 4. The Hall–Kier alpha value is -4.30. The molecule has 3 aromatic rings. The van der Waals surface area contributed by atoms with E-state index in [0.29, 0.717) is 35.4 Å². The van der Waals surface area contributed by atoms with Crippen molar-refractivity contribution in [3.63, 3.8) is 0 Å². The summed E-state index contributed by atoms with van der Waals surface area (Å²) in [4.78, 5) is 38.1. The van der Waals surface area contributed by atoms with E-state index >= 15 is 0 Å². The molecule has 0 bridgehead atoms. The number of aliphatic carboxylic acids is 1. The van der Waals surface area contributed by atoms with Crippen molar-refractivity contribution >= 4 is 28.6 Å². The molecule has 1 amide bonds. The molecule has 4 rings (SSSR count). The molecule has 0 saturated carbocycles. The molecule has 0 aliphatic carbocycles. The molecule has 3 aromatic heterocycles. The third kappa shape index (κ3) is 4.26. The number of carboxylic acid groups (broad SMARTS) is 1. The maximum atomic E-state index is 12.5. The molecule has 0 spiro atoms. The molecule has 32 heavy (non-hydrogen) atoms. The molecule has 1 aliphatic heterocycles. The van der Waals surface area contributed by atoms with Crippen molar-refractivity contribution in [2.45, 2.75) is 12.6 Å². The van der Waals surface area contributed by atoms with Gasteiger partial charge in [-0.25, -0.2) is 15.0 Å². The van der Waals surface area contributed by atoms with Gasteiger partial charge in [0.1, 0.15) is 23.6 Å². The monoisotopic (exact) mass is 433 g/mol. The minimum atomic E-state index is -0.928. The zero-order valence-corrected chi connectivity index (χ0v) is 16.8. The van der Waals surface area contributed by atoms with Gasteiger partial charge in [0.15, 0.2) is 11.4 Å². The van der Waals surface area contributed by atoms with Crippen molar-refractivity contribution in [2.75, 3.05) is 24.5 Å². The minimum Gasteiger partial charge on any atom is -0.505 e. The lowest BCUT2D eigenvalue weighted by Gasteiger charge is -2.32. The number of hydrogen-bond acceptors (Lipinski definition) is 9. The number of nitrogens with zero attached hydrogens (tertiary/aromatic N) is 5. The van der Waals surface area contributed by atoms with Gasteiger partial charge in [0.05, 0.1) is 11.7 Å². The summed E-state index contributed by atoms with van der Waals surface area (Å²) in [6, 6.07) is 7.77. The van der Waals surface area contributed by atoms with Crippen molar-refractivity contribution in [1.82, 2.24) is 25.6 Å². The number of pyridine rings is 3. The van der Waals surface area contributed by atoms with Gasteiger partial charge in [-0.3, -0.25) is 9.59 Å². The van der Waals surface area contributed by atoms with Crippen molar-refractivity contribution in [3.8, 4) is 11.8 Å². The highest BCUT2D eigenvalue weighted by molar-refractivity contribution is 6.00. The summed E-state index contributed by atoms with van der Waals surface area (Å²) >= 11 is 0. The van der Waals surface area contributed by atoms with Crippen LogP contribution in [0.4, 0.5) is 5.82 Å². The zero-order valence-electron chi connectivity index (χ0n) is 16.8. The van der Waals surface area contributed by atoms with Gasteiger partial charge in [-0.05, 0) is 23.8 Å². The highest BCUT2D eigenvalue weighted by Crippen LogP contribution is 2.28. The van der Waals surface area contributed by atoms with Gasteiger partial charge < -0.3 is 25.7 Å². The van der Waals surface area contributed by atoms with Gasteiger partial charge in [0.25, 0.3) is 5.91 Å². The number of carbonyl (C=O) groups is 2. The third-order valence-corrected chi connectivity index (χ3v) is 5.11. The van der Waals surface area contributed by atoms with Crippen LogP contribution in [0.25, 0.3) is 10.9 Å². The standard InChI is InChI=1S/C21H19N7O4/c22-7-13-2-1-12(8-24-13)9-26-20(30)18-19(29)14-3-4-17(27-15(14)10-25-18)28-6-5-23-16(11-28)21(31)32/h1-4,8,10,16,23,29H,5-6,9,11H2,(H,26,30)(H,31,32)/t16-/m1/s1. The number of fused-ring (bicyclic) bond motifs is 1. The number of anilines is 1. The molecule has 1 atom stereocenters.